The lowest BCUT2D eigenvalue weighted by Crippen LogP contribution is -1.90. The summed E-state index contributed by atoms with van der Waals surface area (Å²) in [5.41, 5.74) is 1.11. The van der Waals surface area contributed by atoms with Gasteiger partial charge in [0, 0.05) is 5.88 Å². The van der Waals surface area contributed by atoms with E-state index in [1.165, 1.54) is 19.3 Å². The third kappa shape index (κ3) is 7.78. The summed E-state index contributed by atoms with van der Waals surface area (Å²) in [6.07, 6.45) is 7.73. The summed E-state index contributed by atoms with van der Waals surface area (Å²) < 4.78 is 10.3. The predicted octanol–water partition coefficient (Wildman–Crippen LogP) is 5.15. The van der Waals surface area contributed by atoms with Crippen molar-refractivity contribution < 1.29 is 9.47 Å². The number of unbranched alkanes of at least 4 members (excludes halogenated alkanes) is 2. The Kier molecular flexibility index (Phi) is 11.2. The molecule has 0 radical (unpaired) electrons. The molecule has 2 nitrogen and oxygen atoms in total. The van der Waals surface area contributed by atoms with Gasteiger partial charge in [0.1, 0.15) is 0 Å². The lowest BCUT2D eigenvalue weighted by Gasteiger charge is -2.07. The standard InChI is InChI=1S/C11H14O2.C5H11Cl/c1-4-5-9-6-7-10(12-2)11(8-9)13-3;1-2-3-4-5-6/h4-8H,1-3H3;2-5H2,1H3. The first kappa shape index (κ1) is 17.8. The zero-order valence-corrected chi connectivity index (χ0v) is 13.2. The molecule has 1 aromatic rings. The highest BCUT2D eigenvalue weighted by atomic mass is 35.5. The molecule has 1 aromatic carbocycles. The number of methoxy groups -OCH3 is 2. The highest BCUT2D eigenvalue weighted by Crippen LogP contribution is 2.27. The Morgan fingerprint density at radius 3 is 2.21 bits per heavy atom. The molecule has 0 bridgehead atoms. The minimum atomic E-state index is 0.760. The van der Waals surface area contributed by atoms with Crippen LogP contribution >= 0.6 is 11.6 Å². The van der Waals surface area contributed by atoms with Crippen molar-refractivity contribution in [2.75, 3.05) is 20.1 Å². The van der Waals surface area contributed by atoms with Crippen molar-refractivity contribution in [3.8, 4) is 11.5 Å². The van der Waals surface area contributed by atoms with Gasteiger partial charge in [-0.3, -0.25) is 0 Å². The quantitative estimate of drug-likeness (QED) is 0.531. The minimum absolute atomic E-state index is 0.760. The molecule has 0 saturated heterocycles. The summed E-state index contributed by atoms with van der Waals surface area (Å²) in [7, 11) is 3.27. The van der Waals surface area contributed by atoms with Crippen LogP contribution in [0.3, 0.4) is 0 Å². The van der Waals surface area contributed by atoms with E-state index in [1.54, 1.807) is 14.2 Å². The van der Waals surface area contributed by atoms with E-state index in [1.807, 2.05) is 37.3 Å². The average molecular weight is 285 g/mol. The molecule has 0 aromatic heterocycles. The zero-order chi connectivity index (χ0) is 14.5. The molecule has 0 unspecified atom stereocenters. The third-order valence-electron chi connectivity index (χ3n) is 2.50. The molecule has 0 fully saturated rings. The minimum Gasteiger partial charge on any atom is -0.493 e. The van der Waals surface area contributed by atoms with Gasteiger partial charge in [-0.1, -0.05) is 38.0 Å². The number of hydrogen-bond acceptors (Lipinski definition) is 2. The van der Waals surface area contributed by atoms with Crippen molar-refractivity contribution >= 4 is 17.7 Å². The molecule has 108 valence electrons. The molecule has 19 heavy (non-hydrogen) atoms. The van der Waals surface area contributed by atoms with Crippen molar-refractivity contribution in [2.45, 2.75) is 33.1 Å². The number of hydrogen-bond donors (Lipinski definition) is 0. The molecule has 0 aliphatic carbocycles. The number of ether oxygens (including phenoxy) is 2. The van der Waals surface area contributed by atoms with Gasteiger partial charge in [0.2, 0.25) is 0 Å². The molecular formula is C16H25ClO2. The number of alkyl halides is 1. The molecule has 0 N–H and O–H groups in total. The molecule has 0 amide bonds. The van der Waals surface area contributed by atoms with E-state index in [4.69, 9.17) is 21.1 Å². The van der Waals surface area contributed by atoms with E-state index in [9.17, 15) is 0 Å². The Hall–Kier alpha value is -1.15. The smallest absolute Gasteiger partial charge is 0.161 e. The van der Waals surface area contributed by atoms with Crippen molar-refractivity contribution in [1.29, 1.82) is 0 Å². The van der Waals surface area contributed by atoms with Crippen LogP contribution in [0.5, 0.6) is 11.5 Å². The van der Waals surface area contributed by atoms with Crippen LogP contribution in [0.15, 0.2) is 24.3 Å². The van der Waals surface area contributed by atoms with Gasteiger partial charge >= 0.3 is 0 Å². The number of halogens is 1. The number of rotatable bonds is 6. The molecule has 1 rings (SSSR count). The number of allylic oxidation sites excluding steroid dienone is 1. The van der Waals surface area contributed by atoms with Gasteiger partial charge in [-0.05, 0) is 31.0 Å². The van der Waals surface area contributed by atoms with E-state index >= 15 is 0 Å². The summed E-state index contributed by atoms with van der Waals surface area (Å²) in [6, 6.07) is 5.83. The van der Waals surface area contributed by atoms with Crippen LogP contribution in [0.25, 0.3) is 6.08 Å². The summed E-state index contributed by atoms with van der Waals surface area (Å²) in [5.74, 6) is 2.35. The van der Waals surface area contributed by atoms with Crippen molar-refractivity contribution in [3.05, 3.63) is 29.8 Å². The van der Waals surface area contributed by atoms with Gasteiger partial charge in [0.05, 0.1) is 14.2 Å². The highest BCUT2D eigenvalue weighted by Gasteiger charge is 2.01. The van der Waals surface area contributed by atoms with E-state index < -0.39 is 0 Å². The monoisotopic (exact) mass is 284 g/mol. The Morgan fingerprint density at radius 2 is 1.79 bits per heavy atom. The first-order chi connectivity index (χ1) is 9.23. The Bertz CT molecular complexity index is 358. The Labute approximate surface area is 122 Å². The molecule has 0 saturated carbocycles. The number of benzene rings is 1. The molecule has 0 aliphatic heterocycles. The fraction of sp³-hybridized carbons (Fsp3) is 0.500. The average Bonchev–Trinajstić information content (AvgIpc) is 2.46. The maximum atomic E-state index is 5.38. The third-order valence-corrected chi connectivity index (χ3v) is 2.77. The van der Waals surface area contributed by atoms with Gasteiger partial charge < -0.3 is 9.47 Å². The zero-order valence-electron chi connectivity index (χ0n) is 12.4. The van der Waals surface area contributed by atoms with Crippen LogP contribution in [0.2, 0.25) is 0 Å². The first-order valence-corrected chi connectivity index (χ1v) is 7.17. The van der Waals surface area contributed by atoms with E-state index in [0.29, 0.717) is 0 Å². The van der Waals surface area contributed by atoms with Crippen LogP contribution in [0.4, 0.5) is 0 Å². The van der Waals surface area contributed by atoms with Crippen molar-refractivity contribution in [3.63, 3.8) is 0 Å². The lowest BCUT2D eigenvalue weighted by molar-refractivity contribution is 0.355. The molecule has 0 aliphatic rings. The van der Waals surface area contributed by atoms with Crippen molar-refractivity contribution in [1.82, 2.24) is 0 Å². The molecule has 0 atom stereocenters. The topological polar surface area (TPSA) is 18.5 Å². The normalized spacial score (nSPS) is 9.95. The predicted molar refractivity (Wildman–Crippen MR) is 84.5 cm³/mol. The van der Waals surface area contributed by atoms with E-state index in [-0.39, 0.29) is 0 Å². The fourth-order valence-corrected chi connectivity index (χ4v) is 1.68. The van der Waals surface area contributed by atoms with Gasteiger partial charge in [0.25, 0.3) is 0 Å². The lowest BCUT2D eigenvalue weighted by atomic mass is 10.2. The highest BCUT2D eigenvalue weighted by molar-refractivity contribution is 6.17. The molecule has 3 heteroatoms. The summed E-state index contributed by atoms with van der Waals surface area (Å²) in [6.45, 7) is 4.16. The summed E-state index contributed by atoms with van der Waals surface area (Å²) in [5, 5.41) is 0. The second kappa shape index (κ2) is 11.9. The van der Waals surface area contributed by atoms with Crippen LogP contribution in [-0.4, -0.2) is 20.1 Å². The second-order valence-corrected chi connectivity index (χ2v) is 4.39. The fourth-order valence-electron chi connectivity index (χ4n) is 1.49. The van der Waals surface area contributed by atoms with Crippen molar-refractivity contribution in [2.24, 2.45) is 0 Å². The van der Waals surface area contributed by atoms with Gasteiger partial charge in [0.15, 0.2) is 11.5 Å². The van der Waals surface area contributed by atoms with Crippen LogP contribution < -0.4 is 9.47 Å². The molecular weight excluding hydrogens is 260 g/mol. The van der Waals surface area contributed by atoms with Crippen LogP contribution in [0, 0.1) is 0 Å². The van der Waals surface area contributed by atoms with Gasteiger partial charge in [-0.25, -0.2) is 0 Å². The van der Waals surface area contributed by atoms with E-state index in [2.05, 4.69) is 6.92 Å². The van der Waals surface area contributed by atoms with Gasteiger partial charge in [-0.2, -0.15) is 0 Å². The maximum absolute atomic E-state index is 5.38. The second-order valence-electron chi connectivity index (χ2n) is 4.01. The van der Waals surface area contributed by atoms with Crippen LogP contribution in [-0.2, 0) is 0 Å². The maximum Gasteiger partial charge on any atom is 0.161 e. The molecule has 0 spiro atoms. The largest absolute Gasteiger partial charge is 0.493 e. The van der Waals surface area contributed by atoms with E-state index in [0.717, 1.165) is 22.9 Å². The first-order valence-electron chi connectivity index (χ1n) is 6.64. The van der Waals surface area contributed by atoms with Crippen LogP contribution in [0.1, 0.15) is 38.7 Å². The Balaban J connectivity index is 0.000000459. The summed E-state index contributed by atoms with van der Waals surface area (Å²) in [4.78, 5) is 0. The summed E-state index contributed by atoms with van der Waals surface area (Å²) >= 11 is 5.38. The Morgan fingerprint density at radius 1 is 1.11 bits per heavy atom. The van der Waals surface area contributed by atoms with Gasteiger partial charge in [-0.15, -0.1) is 11.6 Å². The molecule has 0 heterocycles. The SMILES string of the molecule is CC=Cc1ccc(OC)c(OC)c1.CCCCCCl.